The second-order valence-electron chi connectivity index (χ2n) is 3.60. The van der Waals surface area contributed by atoms with Crippen molar-refractivity contribution in [2.24, 2.45) is 0 Å². The lowest BCUT2D eigenvalue weighted by molar-refractivity contribution is 0.0787. The quantitative estimate of drug-likeness (QED) is 0.769. The third-order valence-electron chi connectivity index (χ3n) is 2.57. The molecule has 2 rings (SSSR count). The van der Waals surface area contributed by atoms with Gasteiger partial charge in [0.15, 0.2) is 0 Å². The Hall–Kier alpha value is -0.900. The van der Waals surface area contributed by atoms with Crippen LogP contribution in [0.4, 0.5) is 4.39 Å². The van der Waals surface area contributed by atoms with E-state index in [0.717, 1.165) is 25.9 Å². The number of carbonyl (C=O) groups excluding carboxylic acids is 1. The monoisotopic (exact) mass is 271 g/mol. The molecule has 0 atom stereocenters. The van der Waals surface area contributed by atoms with Crippen LogP contribution in [0.1, 0.15) is 23.2 Å². The topological polar surface area (TPSA) is 20.3 Å². The molecule has 15 heavy (non-hydrogen) atoms. The van der Waals surface area contributed by atoms with Gasteiger partial charge in [-0.25, -0.2) is 4.39 Å². The van der Waals surface area contributed by atoms with E-state index < -0.39 is 5.82 Å². The van der Waals surface area contributed by atoms with Crippen molar-refractivity contribution in [2.75, 3.05) is 13.1 Å². The summed E-state index contributed by atoms with van der Waals surface area (Å²) >= 11 is 3.21. The summed E-state index contributed by atoms with van der Waals surface area (Å²) in [6.45, 7) is 1.47. The first-order valence-corrected chi connectivity index (χ1v) is 5.73. The third kappa shape index (κ3) is 2.04. The van der Waals surface area contributed by atoms with Crippen LogP contribution in [0.2, 0.25) is 0 Å². The molecule has 0 radical (unpaired) electrons. The number of benzene rings is 1. The number of amides is 1. The molecule has 1 saturated heterocycles. The smallest absolute Gasteiger partial charge is 0.257 e. The normalized spacial score (nSPS) is 15.7. The predicted octanol–water partition coefficient (Wildman–Crippen LogP) is 2.82. The molecule has 0 bridgehead atoms. The Labute approximate surface area is 96.2 Å². The number of halogens is 2. The Balaban J connectivity index is 2.32. The van der Waals surface area contributed by atoms with Crippen LogP contribution in [0, 0.1) is 5.82 Å². The minimum absolute atomic E-state index is 0.152. The van der Waals surface area contributed by atoms with Crippen molar-refractivity contribution < 1.29 is 9.18 Å². The van der Waals surface area contributed by atoms with Crippen LogP contribution in [-0.4, -0.2) is 23.9 Å². The van der Waals surface area contributed by atoms with Crippen LogP contribution in [-0.2, 0) is 0 Å². The SMILES string of the molecule is O=C(c1c(F)cccc1Br)N1CCCC1. The molecule has 0 saturated carbocycles. The Morgan fingerprint density at radius 1 is 1.33 bits per heavy atom. The summed E-state index contributed by atoms with van der Waals surface area (Å²) in [5.41, 5.74) is 0.152. The van der Waals surface area contributed by atoms with Gasteiger partial charge >= 0.3 is 0 Å². The summed E-state index contributed by atoms with van der Waals surface area (Å²) in [6.07, 6.45) is 2.02. The van der Waals surface area contributed by atoms with E-state index in [9.17, 15) is 9.18 Å². The molecule has 0 unspecified atom stereocenters. The molecular formula is C11H11BrFNO. The largest absolute Gasteiger partial charge is 0.339 e. The number of hydrogen-bond donors (Lipinski definition) is 0. The Morgan fingerprint density at radius 2 is 2.00 bits per heavy atom. The molecule has 1 aromatic carbocycles. The van der Waals surface area contributed by atoms with Gasteiger partial charge in [-0.05, 0) is 40.9 Å². The molecule has 1 aliphatic rings. The first kappa shape index (κ1) is 10.6. The van der Waals surface area contributed by atoms with Gasteiger partial charge in [0.05, 0.1) is 5.56 Å². The Kier molecular flexibility index (Phi) is 3.05. The summed E-state index contributed by atoms with van der Waals surface area (Å²) in [5, 5.41) is 0. The molecular weight excluding hydrogens is 261 g/mol. The third-order valence-corrected chi connectivity index (χ3v) is 3.23. The van der Waals surface area contributed by atoms with Crippen LogP contribution in [0.3, 0.4) is 0 Å². The van der Waals surface area contributed by atoms with Crippen LogP contribution in [0.25, 0.3) is 0 Å². The average Bonchev–Trinajstić information content (AvgIpc) is 2.69. The lowest BCUT2D eigenvalue weighted by Crippen LogP contribution is -2.28. The first-order valence-electron chi connectivity index (χ1n) is 4.93. The molecule has 4 heteroatoms. The van der Waals surface area contributed by atoms with Gasteiger partial charge in [0, 0.05) is 17.6 Å². The van der Waals surface area contributed by atoms with E-state index in [1.54, 1.807) is 17.0 Å². The summed E-state index contributed by atoms with van der Waals surface area (Å²) in [4.78, 5) is 13.6. The maximum Gasteiger partial charge on any atom is 0.257 e. The van der Waals surface area contributed by atoms with Gasteiger partial charge < -0.3 is 4.90 Å². The summed E-state index contributed by atoms with van der Waals surface area (Å²) in [7, 11) is 0. The van der Waals surface area contributed by atoms with Crippen LogP contribution in [0.5, 0.6) is 0 Å². The summed E-state index contributed by atoms with van der Waals surface area (Å²) in [6, 6.07) is 4.58. The maximum atomic E-state index is 13.5. The van der Waals surface area contributed by atoms with E-state index in [1.165, 1.54) is 6.07 Å². The molecule has 0 N–H and O–H groups in total. The van der Waals surface area contributed by atoms with E-state index in [-0.39, 0.29) is 11.5 Å². The second-order valence-corrected chi connectivity index (χ2v) is 4.45. The van der Waals surface area contributed by atoms with E-state index in [2.05, 4.69) is 15.9 Å². The van der Waals surface area contributed by atoms with Crippen molar-refractivity contribution in [3.05, 3.63) is 34.1 Å². The van der Waals surface area contributed by atoms with Gasteiger partial charge in [0.1, 0.15) is 5.82 Å². The average molecular weight is 272 g/mol. The fraction of sp³-hybridized carbons (Fsp3) is 0.364. The molecule has 0 aromatic heterocycles. The van der Waals surface area contributed by atoms with Crippen molar-refractivity contribution in [1.29, 1.82) is 0 Å². The molecule has 1 amide bonds. The van der Waals surface area contributed by atoms with E-state index in [4.69, 9.17) is 0 Å². The van der Waals surface area contributed by atoms with Crippen LogP contribution in [0.15, 0.2) is 22.7 Å². The van der Waals surface area contributed by atoms with Gasteiger partial charge in [-0.1, -0.05) is 6.07 Å². The highest BCUT2D eigenvalue weighted by Gasteiger charge is 2.23. The highest BCUT2D eigenvalue weighted by molar-refractivity contribution is 9.10. The van der Waals surface area contributed by atoms with Crippen LogP contribution < -0.4 is 0 Å². The van der Waals surface area contributed by atoms with Crippen molar-refractivity contribution in [3.8, 4) is 0 Å². The van der Waals surface area contributed by atoms with E-state index in [1.807, 2.05) is 0 Å². The lowest BCUT2D eigenvalue weighted by atomic mass is 10.2. The van der Waals surface area contributed by atoms with Crippen molar-refractivity contribution in [3.63, 3.8) is 0 Å². The van der Waals surface area contributed by atoms with Gasteiger partial charge in [-0.2, -0.15) is 0 Å². The molecule has 2 nitrogen and oxygen atoms in total. The lowest BCUT2D eigenvalue weighted by Gasteiger charge is -2.16. The summed E-state index contributed by atoms with van der Waals surface area (Å²) in [5.74, 6) is -0.668. The highest BCUT2D eigenvalue weighted by atomic mass is 79.9. The molecule has 1 aliphatic heterocycles. The van der Waals surface area contributed by atoms with Gasteiger partial charge in [0.25, 0.3) is 5.91 Å². The fourth-order valence-corrected chi connectivity index (χ4v) is 2.29. The zero-order chi connectivity index (χ0) is 10.8. The van der Waals surface area contributed by atoms with Gasteiger partial charge in [-0.15, -0.1) is 0 Å². The highest BCUT2D eigenvalue weighted by Crippen LogP contribution is 2.23. The number of nitrogens with zero attached hydrogens (tertiary/aromatic N) is 1. The number of carbonyl (C=O) groups is 1. The first-order chi connectivity index (χ1) is 7.20. The predicted molar refractivity (Wildman–Crippen MR) is 59.2 cm³/mol. The van der Waals surface area contributed by atoms with Gasteiger partial charge in [0.2, 0.25) is 0 Å². The summed E-state index contributed by atoms with van der Waals surface area (Å²) < 4.78 is 14.0. The van der Waals surface area contributed by atoms with Crippen molar-refractivity contribution in [2.45, 2.75) is 12.8 Å². The minimum Gasteiger partial charge on any atom is -0.339 e. The van der Waals surface area contributed by atoms with E-state index >= 15 is 0 Å². The second kappa shape index (κ2) is 4.31. The number of hydrogen-bond acceptors (Lipinski definition) is 1. The molecule has 1 aromatic rings. The molecule has 80 valence electrons. The van der Waals surface area contributed by atoms with Crippen molar-refractivity contribution >= 4 is 21.8 Å². The standard InChI is InChI=1S/C11H11BrFNO/c12-8-4-3-5-9(13)10(8)11(15)14-6-1-2-7-14/h3-5H,1-2,6-7H2. The molecule has 0 aliphatic carbocycles. The minimum atomic E-state index is -0.457. The van der Waals surface area contributed by atoms with E-state index in [0.29, 0.717) is 4.47 Å². The van der Waals surface area contributed by atoms with Gasteiger partial charge in [-0.3, -0.25) is 4.79 Å². The molecule has 1 heterocycles. The number of likely N-dealkylation sites (tertiary alicyclic amines) is 1. The Morgan fingerprint density at radius 3 is 2.60 bits per heavy atom. The Bertz CT molecular complexity index is 368. The molecule has 0 spiro atoms. The fourth-order valence-electron chi connectivity index (χ4n) is 1.78. The maximum absolute atomic E-state index is 13.5. The van der Waals surface area contributed by atoms with Crippen molar-refractivity contribution in [1.82, 2.24) is 4.90 Å². The molecule has 1 fully saturated rings. The van der Waals surface area contributed by atoms with Crippen LogP contribution >= 0.6 is 15.9 Å². The number of rotatable bonds is 1. The zero-order valence-electron chi connectivity index (χ0n) is 8.17. The zero-order valence-corrected chi connectivity index (χ0v) is 9.76.